The van der Waals surface area contributed by atoms with Crippen molar-refractivity contribution in [3.8, 4) is 0 Å². The van der Waals surface area contributed by atoms with Crippen LogP contribution in [0.15, 0.2) is 42.5 Å². The summed E-state index contributed by atoms with van der Waals surface area (Å²) in [6, 6.07) is 5.17. The molecule has 1 aromatic carbocycles. The molecule has 0 saturated heterocycles. The van der Waals surface area contributed by atoms with E-state index in [4.69, 9.17) is 23.2 Å². The molecule has 0 aromatic heterocycles. The molecule has 0 radical (unpaired) electrons. The molecule has 3 atom stereocenters. The molecule has 1 N–H and O–H groups in total. The minimum absolute atomic E-state index is 0.0945. The molecular weight excluding hydrogens is 341 g/mol. The second-order valence-electron chi connectivity index (χ2n) is 6.64. The Labute approximate surface area is 153 Å². The van der Waals surface area contributed by atoms with Crippen LogP contribution in [0.5, 0.6) is 0 Å². The van der Waals surface area contributed by atoms with Gasteiger partial charge in [0.1, 0.15) is 0 Å². The van der Waals surface area contributed by atoms with E-state index in [2.05, 4.69) is 29.6 Å². The van der Waals surface area contributed by atoms with E-state index < -0.39 is 0 Å². The van der Waals surface area contributed by atoms with E-state index in [-0.39, 0.29) is 11.8 Å². The minimum atomic E-state index is 0.0945. The lowest BCUT2D eigenvalue weighted by atomic mass is 10.1. The van der Waals surface area contributed by atoms with Crippen LogP contribution in [0.3, 0.4) is 0 Å². The van der Waals surface area contributed by atoms with Gasteiger partial charge in [0, 0.05) is 10.9 Å². The summed E-state index contributed by atoms with van der Waals surface area (Å²) in [6.07, 6.45) is 15.6. The molecule has 2 aliphatic rings. The quantitative estimate of drug-likeness (QED) is 0.617. The van der Waals surface area contributed by atoms with Crippen molar-refractivity contribution in [2.24, 2.45) is 17.8 Å². The van der Waals surface area contributed by atoms with E-state index in [1.807, 2.05) is 0 Å². The maximum absolute atomic E-state index is 12.7. The first-order valence-corrected chi connectivity index (χ1v) is 9.48. The topological polar surface area (TPSA) is 29.1 Å². The number of carbonyl (C=O) groups is 1. The third-order valence-electron chi connectivity index (χ3n) is 4.99. The van der Waals surface area contributed by atoms with Gasteiger partial charge in [-0.15, -0.1) is 0 Å². The van der Waals surface area contributed by atoms with E-state index in [0.29, 0.717) is 27.6 Å². The Morgan fingerprint density at radius 1 is 0.917 bits per heavy atom. The molecule has 4 heteroatoms. The summed E-state index contributed by atoms with van der Waals surface area (Å²) in [5.41, 5.74) is 0.646. The van der Waals surface area contributed by atoms with E-state index in [9.17, 15) is 4.79 Å². The SMILES string of the molecule is O=C(Nc1ccc(Cl)cc1Cl)C1C2CC/C=C\CC/C=C/CCC21. The molecule has 1 fully saturated rings. The number of rotatable bonds is 2. The van der Waals surface area contributed by atoms with Gasteiger partial charge in [0.15, 0.2) is 0 Å². The van der Waals surface area contributed by atoms with Gasteiger partial charge < -0.3 is 5.32 Å². The molecule has 1 saturated carbocycles. The smallest absolute Gasteiger partial charge is 0.228 e. The molecule has 24 heavy (non-hydrogen) atoms. The highest BCUT2D eigenvalue weighted by Crippen LogP contribution is 2.52. The maximum Gasteiger partial charge on any atom is 0.228 e. The first-order chi connectivity index (χ1) is 11.7. The van der Waals surface area contributed by atoms with Gasteiger partial charge in [-0.25, -0.2) is 0 Å². The highest BCUT2D eigenvalue weighted by molar-refractivity contribution is 6.36. The Morgan fingerprint density at radius 3 is 2.08 bits per heavy atom. The number of anilines is 1. The second-order valence-corrected chi connectivity index (χ2v) is 7.49. The van der Waals surface area contributed by atoms with Crippen LogP contribution in [0.2, 0.25) is 10.0 Å². The highest BCUT2D eigenvalue weighted by atomic mass is 35.5. The van der Waals surface area contributed by atoms with E-state index in [1.165, 1.54) is 0 Å². The maximum atomic E-state index is 12.7. The number of halogens is 2. The fourth-order valence-electron chi connectivity index (χ4n) is 3.67. The normalized spacial score (nSPS) is 29.5. The summed E-state index contributed by atoms with van der Waals surface area (Å²) in [5.74, 6) is 1.19. The molecule has 2 nitrogen and oxygen atoms in total. The van der Waals surface area contributed by atoms with Crippen LogP contribution in [-0.4, -0.2) is 5.91 Å². The lowest BCUT2D eigenvalue weighted by Gasteiger charge is -2.07. The van der Waals surface area contributed by atoms with Gasteiger partial charge in [0.05, 0.1) is 10.7 Å². The summed E-state index contributed by atoms with van der Waals surface area (Å²) in [7, 11) is 0. The van der Waals surface area contributed by atoms with Crippen molar-refractivity contribution in [2.75, 3.05) is 5.32 Å². The van der Waals surface area contributed by atoms with Crippen LogP contribution < -0.4 is 5.32 Å². The predicted molar refractivity (Wildman–Crippen MR) is 102 cm³/mol. The Bertz CT molecular complexity index is 629. The highest BCUT2D eigenvalue weighted by Gasteiger charge is 2.52. The van der Waals surface area contributed by atoms with Crippen molar-refractivity contribution in [1.82, 2.24) is 0 Å². The van der Waals surface area contributed by atoms with Gasteiger partial charge in [-0.3, -0.25) is 4.79 Å². The zero-order valence-corrected chi connectivity index (χ0v) is 15.2. The second kappa shape index (κ2) is 8.22. The Balaban J connectivity index is 1.64. The number of allylic oxidation sites excluding steroid dienone is 4. The fourth-order valence-corrected chi connectivity index (χ4v) is 4.12. The average molecular weight is 364 g/mol. The zero-order chi connectivity index (χ0) is 16.9. The van der Waals surface area contributed by atoms with Gasteiger partial charge >= 0.3 is 0 Å². The van der Waals surface area contributed by atoms with Gasteiger partial charge in [0.25, 0.3) is 0 Å². The summed E-state index contributed by atoms with van der Waals surface area (Å²) in [4.78, 5) is 12.7. The largest absolute Gasteiger partial charge is 0.325 e. The van der Waals surface area contributed by atoms with Crippen molar-refractivity contribution >= 4 is 34.8 Å². The number of nitrogens with one attached hydrogen (secondary N) is 1. The molecule has 0 aliphatic heterocycles. The fraction of sp³-hybridized carbons (Fsp3) is 0.450. The molecule has 3 rings (SSSR count). The minimum Gasteiger partial charge on any atom is -0.325 e. The molecule has 1 amide bonds. The summed E-state index contributed by atoms with van der Waals surface area (Å²) in [5, 5.41) is 4.05. The first kappa shape index (κ1) is 17.6. The van der Waals surface area contributed by atoms with Crippen LogP contribution in [0.1, 0.15) is 38.5 Å². The van der Waals surface area contributed by atoms with Crippen LogP contribution in [0, 0.1) is 17.8 Å². The molecule has 1 aromatic rings. The van der Waals surface area contributed by atoms with Crippen molar-refractivity contribution in [1.29, 1.82) is 0 Å². The predicted octanol–water partition coefficient (Wildman–Crippen LogP) is 6.26. The summed E-state index contributed by atoms with van der Waals surface area (Å²) >= 11 is 12.1. The summed E-state index contributed by atoms with van der Waals surface area (Å²) < 4.78 is 0. The van der Waals surface area contributed by atoms with Crippen molar-refractivity contribution in [3.63, 3.8) is 0 Å². The van der Waals surface area contributed by atoms with Gasteiger partial charge in [-0.2, -0.15) is 0 Å². The van der Waals surface area contributed by atoms with Crippen molar-refractivity contribution in [2.45, 2.75) is 38.5 Å². The van der Waals surface area contributed by atoms with Crippen LogP contribution in [0.25, 0.3) is 0 Å². The monoisotopic (exact) mass is 363 g/mol. The van der Waals surface area contributed by atoms with Gasteiger partial charge in [-0.1, -0.05) is 47.5 Å². The number of carbonyl (C=O) groups excluding carboxylic acids is 1. The van der Waals surface area contributed by atoms with Crippen molar-refractivity contribution in [3.05, 3.63) is 52.5 Å². The first-order valence-electron chi connectivity index (χ1n) is 8.72. The van der Waals surface area contributed by atoms with E-state index >= 15 is 0 Å². The molecule has 2 aliphatic carbocycles. The molecule has 0 heterocycles. The van der Waals surface area contributed by atoms with Gasteiger partial charge in [-0.05, 0) is 68.6 Å². The van der Waals surface area contributed by atoms with Gasteiger partial charge in [0.2, 0.25) is 5.91 Å². The number of hydrogen-bond acceptors (Lipinski definition) is 1. The number of hydrogen-bond donors (Lipinski definition) is 1. The molecule has 0 spiro atoms. The average Bonchev–Trinajstić information content (AvgIpc) is 3.22. The number of amides is 1. The summed E-state index contributed by atoms with van der Waals surface area (Å²) in [6.45, 7) is 0. The molecular formula is C20H23Cl2NO. The molecule has 0 bridgehead atoms. The van der Waals surface area contributed by atoms with Crippen molar-refractivity contribution < 1.29 is 4.79 Å². The van der Waals surface area contributed by atoms with E-state index in [0.717, 1.165) is 38.5 Å². The van der Waals surface area contributed by atoms with Crippen LogP contribution in [-0.2, 0) is 4.79 Å². The number of benzene rings is 1. The molecule has 3 unspecified atom stereocenters. The third-order valence-corrected chi connectivity index (χ3v) is 5.54. The third kappa shape index (κ3) is 4.43. The Hall–Kier alpha value is -1.25. The lowest BCUT2D eigenvalue weighted by molar-refractivity contribution is -0.117. The molecule has 128 valence electrons. The lowest BCUT2D eigenvalue weighted by Crippen LogP contribution is -2.16. The zero-order valence-electron chi connectivity index (χ0n) is 13.7. The Morgan fingerprint density at radius 2 is 1.50 bits per heavy atom. The van der Waals surface area contributed by atoms with Crippen LogP contribution >= 0.6 is 23.2 Å². The van der Waals surface area contributed by atoms with E-state index in [1.54, 1.807) is 18.2 Å². The standard InChI is InChI=1S/C20H23Cl2NO/c21-14-11-12-18(17(22)13-14)23-20(24)19-15-9-7-5-3-1-2-4-6-8-10-16(15)19/h3-6,11-13,15-16,19H,1-2,7-10H2,(H,23,24)/b5-3-,6-4+. The van der Waals surface area contributed by atoms with Crippen LogP contribution in [0.4, 0.5) is 5.69 Å². The number of fused-ring (bicyclic) bond motifs is 1. The Kier molecular flexibility index (Phi) is 6.02.